The van der Waals surface area contributed by atoms with E-state index >= 15 is 0 Å². The number of ether oxygens (including phenoxy) is 1. The van der Waals surface area contributed by atoms with Crippen LogP contribution in [0.1, 0.15) is 20.3 Å². The summed E-state index contributed by atoms with van der Waals surface area (Å²) in [5, 5.41) is 2.34. The average Bonchev–Trinajstić information content (AvgIpc) is 2.23. The maximum Gasteiger partial charge on any atom is 0.330 e. The van der Waals surface area contributed by atoms with Crippen LogP contribution in [0, 0.1) is 5.92 Å². The second-order valence-corrected chi connectivity index (χ2v) is 3.90. The maximum absolute atomic E-state index is 11.7. The van der Waals surface area contributed by atoms with Crippen LogP contribution in [0.2, 0.25) is 0 Å². The zero-order valence-electron chi connectivity index (χ0n) is 9.89. The molecule has 16 heavy (non-hydrogen) atoms. The predicted molar refractivity (Wildman–Crippen MR) is 54.9 cm³/mol. The summed E-state index contributed by atoms with van der Waals surface area (Å²) in [6, 6.07) is -0.708. The third-order valence-electron chi connectivity index (χ3n) is 2.73. The number of amides is 2. The van der Waals surface area contributed by atoms with Crippen LogP contribution in [0.4, 0.5) is 0 Å². The van der Waals surface area contributed by atoms with Gasteiger partial charge in [0, 0.05) is 19.9 Å². The van der Waals surface area contributed by atoms with Crippen molar-refractivity contribution in [2.45, 2.75) is 26.3 Å². The van der Waals surface area contributed by atoms with E-state index in [-0.39, 0.29) is 17.7 Å². The van der Waals surface area contributed by atoms with E-state index in [1.54, 1.807) is 6.92 Å². The third-order valence-corrected chi connectivity index (χ3v) is 2.73. The van der Waals surface area contributed by atoms with Gasteiger partial charge in [-0.15, -0.1) is 0 Å². The van der Waals surface area contributed by atoms with Gasteiger partial charge < -0.3 is 4.74 Å². The van der Waals surface area contributed by atoms with Crippen molar-refractivity contribution in [3.05, 3.63) is 0 Å². The molecule has 0 aromatic heterocycles. The van der Waals surface area contributed by atoms with Gasteiger partial charge in [0.1, 0.15) is 0 Å². The molecule has 0 aliphatic carbocycles. The van der Waals surface area contributed by atoms with Gasteiger partial charge in [-0.05, 0) is 6.42 Å². The molecule has 1 heterocycles. The van der Waals surface area contributed by atoms with Crippen molar-refractivity contribution >= 4 is 17.8 Å². The van der Waals surface area contributed by atoms with Gasteiger partial charge in [-0.25, -0.2) is 9.80 Å². The quantitative estimate of drug-likeness (QED) is 0.582. The molecule has 1 aliphatic rings. The van der Waals surface area contributed by atoms with E-state index in [1.165, 1.54) is 26.1 Å². The summed E-state index contributed by atoms with van der Waals surface area (Å²) in [5.74, 6) is -1.31. The standard InChI is InChI=1S/C10H16N2O4/c1-6-5-8(10(15)16-4)12(7(2)13)11(3)9(6)14/h6,8H,5H2,1-4H3/t6-,8+/m1/s1. The molecule has 6 nitrogen and oxygen atoms in total. The van der Waals surface area contributed by atoms with E-state index in [0.717, 1.165) is 5.01 Å². The SMILES string of the molecule is COC(=O)[C@@H]1C[C@@H](C)C(=O)N(C)N1C(C)=O. The fourth-order valence-corrected chi connectivity index (χ4v) is 1.93. The van der Waals surface area contributed by atoms with Gasteiger partial charge in [-0.2, -0.15) is 0 Å². The number of hydrogen-bond acceptors (Lipinski definition) is 4. The predicted octanol–water partition coefficient (Wildman–Crippen LogP) is -0.210. The summed E-state index contributed by atoms with van der Waals surface area (Å²) >= 11 is 0. The zero-order valence-corrected chi connectivity index (χ0v) is 9.89. The molecule has 90 valence electrons. The largest absolute Gasteiger partial charge is 0.467 e. The summed E-state index contributed by atoms with van der Waals surface area (Å²) in [6.07, 6.45) is 0.301. The lowest BCUT2D eigenvalue weighted by Crippen LogP contribution is -2.60. The Bertz CT molecular complexity index is 329. The minimum atomic E-state index is -0.708. The molecule has 0 bridgehead atoms. The highest BCUT2D eigenvalue weighted by Gasteiger charge is 2.41. The van der Waals surface area contributed by atoms with Crippen LogP contribution in [-0.4, -0.2) is 48.0 Å². The van der Waals surface area contributed by atoms with Crippen LogP contribution in [-0.2, 0) is 19.1 Å². The molecule has 1 saturated heterocycles. The Labute approximate surface area is 94.1 Å². The number of carbonyl (C=O) groups excluding carboxylic acids is 3. The van der Waals surface area contributed by atoms with Gasteiger partial charge in [-0.3, -0.25) is 14.6 Å². The molecule has 2 amide bonds. The summed E-state index contributed by atoms with van der Waals surface area (Å²) < 4.78 is 4.63. The highest BCUT2D eigenvalue weighted by Crippen LogP contribution is 2.23. The highest BCUT2D eigenvalue weighted by atomic mass is 16.5. The second-order valence-electron chi connectivity index (χ2n) is 3.90. The topological polar surface area (TPSA) is 66.9 Å². The smallest absolute Gasteiger partial charge is 0.330 e. The lowest BCUT2D eigenvalue weighted by molar-refractivity contribution is -0.184. The molecule has 0 spiro atoms. The Morgan fingerprint density at radius 2 is 2.00 bits per heavy atom. The van der Waals surface area contributed by atoms with Gasteiger partial charge in [-0.1, -0.05) is 6.92 Å². The first-order valence-corrected chi connectivity index (χ1v) is 5.05. The van der Waals surface area contributed by atoms with Crippen LogP contribution in [0.5, 0.6) is 0 Å². The van der Waals surface area contributed by atoms with E-state index in [1.807, 2.05) is 0 Å². The molecule has 0 radical (unpaired) electrons. The Morgan fingerprint density at radius 1 is 1.44 bits per heavy atom. The van der Waals surface area contributed by atoms with Crippen LogP contribution >= 0.6 is 0 Å². The number of hydrogen-bond donors (Lipinski definition) is 0. The van der Waals surface area contributed by atoms with Crippen molar-refractivity contribution in [2.75, 3.05) is 14.2 Å². The fourth-order valence-electron chi connectivity index (χ4n) is 1.93. The van der Waals surface area contributed by atoms with Gasteiger partial charge in [0.25, 0.3) is 0 Å². The monoisotopic (exact) mass is 228 g/mol. The van der Waals surface area contributed by atoms with Gasteiger partial charge in [0.2, 0.25) is 11.8 Å². The van der Waals surface area contributed by atoms with E-state index in [4.69, 9.17) is 0 Å². The number of methoxy groups -OCH3 is 1. The second kappa shape index (κ2) is 4.51. The highest BCUT2D eigenvalue weighted by molar-refractivity contribution is 5.89. The number of esters is 1. The molecule has 1 rings (SSSR count). The molecule has 2 atom stereocenters. The Balaban J connectivity index is 3.01. The molecule has 0 aromatic carbocycles. The van der Waals surface area contributed by atoms with Gasteiger partial charge in [0.05, 0.1) is 7.11 Å². The van der Waals surface area contributed by atoms with Crippen molar-refractivity contribution in [3.8, 4) is 0 Å². The van der Waals surface area contributed by atoms with E-state index in [9.17, 15) is 14.4 Å². The van der Waals surface area contributed by atoms with Crippen molar-refractivity contribution in [1.82, 2.24) is 10.0 Å². The molecule has 0 aromatic rings. The maximum atomic E-state index is 11.7. The van der Waals surface area contributed by atoms with Crippen molar-refractivity contribution in [3.63, 3.8) is 0 Å². The minimum absolute atomic E-state index is 0.171. The molecule has 0 saturated carbocycles. The first kappa shape index (κ1) is 12.5. The van der Waals surface area contributed by atoms with Crippen LogP contribution in [0.25, 0.3) is 0 Å². The number of nitrogens with zero attached hydrogens (tertiary/aromatic N) is 2. The van der Waals surface area contributed by atoms with Crippen LogP contribution in [0.15, 0.2) is 0 Å². The van der Waals surface area contributed by atoms with Crippen molar-refractivity contribution in [1.29, 1.82) is 0 Å². The minimum Gasteiger partial charge on any atom is -0.467 e. The van der Waals surface area contributed by atoms with Crippen LogP contribution < -0.4 is 0 Å². The average molecular weight is 228 g/mol. The van der Waals surface area contributed by atoms with E-state index in [0.29, 0.717) is 6.42 Å². The Hall–Kier alpha value is -1.59. The van der Waals surface area contributed by atoms with E-state index < -0.39 is 12.0 Å². The first-order valence-electron chi connectivity index (χ1n) is 5.05. The summed E-state index contributed by atoms with van der Waals surface area (Å²) in [6.45, 7) is 3.04. The summed E-state index contributed by atoms with van der Waals surface area (Å²) in [4.78, 5) is 34.6. The Morgan fingerprint density at radius 3 is 2.44 bits per heavy atom. The molecule has 0 unspecified atom stereocenters. The third kappa shape index (κ3) is 2.00. The first-order chi connectivity index (χ1) is 7.40. The van der Waals surface area contributed by atoms with Gasteiger partial charge >= 0.3 is 5.97 Å². The molecular weight excluding hydrogens is 212 g/mol. The lowest BCUT2D eigenvalue weighted by Gasteiger charge is -2.42. The van der Waals surface area contributed by atoms with Crippen molar-refractivity contribution < 1.29 is 19.1 Å². The summed E-state index contributed by atoms with van der Waals surface area (Å²) in [5.41, 5.74) is 0. The number of rotatable bonds is 1. The Kier molecular flexibility index (Phi) is 3.51. The normalized spacial score (nSPS) is 25.6. The van der Waals surface area contributed by atoms with Crippen molar-refractivity contribution in [2.24, 2.45) is 5.92 Å². The van der Waals surface area contributed by atoms with E-state index in [2.05, 4.69) is 4.74 Å². The molecular formula is C10H16N2O4. The zero-order chi connectivity index (χ0) is 12.5. The number of hydrazine groups is 1. The number of carbonyl (C=O) groups is 3. The molecule has 0 N–H and O–H groups in total. The fraction of sp³-hybridized carbons (Fsp3) is 0.700. The van der Waals surface area contributed by atoms with Crippen LogP contribution in [0.3, 0.4) is 0 Å². The molecule has 1 fully saturated rings. The lowest BCUT2D eigenvalue weighted by atomic mass is 9.97. The van der Waals surface area contributed by atoms with Gasteiger partial charge in [0.15, 0.2) is 6.04 Å². The molecule has 1 aliphatic heterocycles. The molecule has 6 heteroatoms. The summed E-state index contributed by atoms with van der Waals surface area (Å²) in [7, 11) is 2.75.